The largest absolute Gasteiger partial charge is 0.370 e. The Bertz CT molecular complexity index is 1230. The van der Waals surface area contributed by atoms with Gasteiger partial charge in [0.25, 0.3) is 0 Å². The minimum Gasteiger partial charge on any atom is -0.370 e. The predicted molar refractivity (Wildman–Crippen MR) is 114 cm³/mol. The van der Waals surface area contributed by atoms with Gasteiger partial charge in [0.2, 0.25) is 0 Å². The first-order valence-electron chi connectivity index (χ1n) is 9.65. The van der Waals surface area contributed by atoms with E-state index >= 15 is 0 Å². The molecule has 0 spiro atoms. The minimum absolute atomic E-state index is 0.107. The molecule has 30 heavy (non-hydrogen) atoms. The smallest absolute Gasteiger partial charge is 0.162 e. The summed E-state index contributed by atoms with van der Waals surface area (Å²) in [7, 11) is 1.88. The van der Waals surface area contributed by atoms with Gasteiger partial charge in [-0.3, -0.25) is 4.68 Å². The molecule has 0 amide bonds. The molecule has 3 aromatic heterocycles. The molecule has 0 N–H and O–H groups in total. The van der Waals surface area contributed by atoms with Gasteiger partial charge in [0, 0.05) is 54.1 Å². The third-order valence-electron chi connectivity index (χ3n) is 5.28. The van der Waals surface area contributed by atoms with E-state index in [1.165, 1.54) is 6.07 Å². The lowest BCUT2D eigenvalue weighted by molar-refractivity contribution is 0.0395. The standard InChI is InChI=1S/C22H19ClFN5O/c1-28-12-14(11-26-28)20-13-29(7-8-30-20)21-10-18(16-5-4-15(23)9-19(16)24)17-3-2-6-25-22(17)27-21/h2-6,9-12,20H,7-8,13H2,1H3/t20-/m0/s1. The van der Waals surface area contributed by atoms with Crippen LogP contribution in [0.3, 0.4) is 0 Å². The van der Waals surface area contributed by atoms with Crippen LogP contribution in [0.1, 0.15) is 11.7 Å². The van der Waals surface area contributed by atoms with Crippen LogP contribution < -0.4 is 4.90 Å². The van der Waals surface area contributed by atoms with Crippen molar-refractivity contribution in [3.05, 3.63) is 71.4 Å². The van der Waals surface area contributed by atoms with Gasteiger partial charge < -0.3 is 9.64 Å². The third kappa shape index (κ3) is 3.51. The molecule has 1 fully saturated rings. The summed E-state index contributed by atoms with van der Waals surface area (Å²) in [6.07, 6.45) is 5.36. The van der Waals surface area contributed by atoms with E-state index in [0.717, 1.165) is 22.3 Å². The highest BCUT2D eigenvalue weighted by Crippen LogP contribution is 2.34. The van der Waals surface area contributed by atoms with Crippen molar-refractivity contribution in [2.75, 3.05) is 24.6 Å². The van der Waals surface area contributed by atoms with E-state index in [1.54, 1.807) is 23.0 Å². The highest BCUT2D eigenvalue weighted by atomic mass is 35.5. The average molecular weight is 424 g/mol. The van der Waals surface area contributed by atoms with E-state index in [4.69, 9.17) is 21.3 Å². The third-order valence-corrected chi connectivity index (χ3v) is 5.51. The Hall–Kier alpha value is -3.03. The van der Waals surface area contributed by atoms with Crippen LogP contribution in [0.15, 0.2) is 55.0 Å². The molecule has 152 valence electrons. The number of nitrogens with zero attached hydrogens (tertiary/aromatic N) is 5. The van der Waals surface area contributed by atoms with Crippen molar-refractivity contribution < 1.29 is 9.13 Å². The number of pyridine rings is 2. The van der Waals surface area contributed by atoms with E-state index in [9.17, 15) is 4.39 Å². The molecule has 0 radical (unpaired) electrons. The van der Waals surface area contributed by atoms with Crippen molar-refractivity contribution in [2.45, 2.75) is 6.10 Å². The van der Waals surface area contributed by atoms with Gasteiger partial charge in [-0.05, 0) is 42.0 Å². The normalized spacial score (nSPS) is 16.9. The second kappa shape index (κ2) is 7.66. The number of hydrogen-bond donors (Lipinski definition) is 0. The monoisotopic (exact) mass is 423 g/mol. The summed E-state index contributed by atoms with van der Waals surface area (Å²) >= 11 is 5.96. The lowest BCUT2D eigenvalue weighted by Crippen LogP contribution is -2.38. The molecule has 5 rings (SSSR count). The molecule has 0 unspecified atom stereocenters. The van der Waals surface area contributed by atoms with E-state index in [2.05, 4.69) is 15.0 Å². The average Bonchev–Trinajstić information content (AvgIpc) is 3.20. The number of hydrogen-bond acceptors (Lipinski definition) is 5. The molecular weight excluding hydrogens is 405 g/mol. The number of ether oxygens (including phenoxy) is 1. The fraction of sp³-hybridized carbons (Fsp3) is 0.227. The molecule has 4 heterocycles. The molecule has 1 atom stereocenters. The SMILES string of the molecule is Cn1cc([C@@H]2CN(c3cc(-c4ccc(Cl)cc4F)c4cccnc4n3)CCO2)cn1. The van der Waals surface area contributed by atoms with Crippen molar-refractivity contribution in [3.8, 4) is 11.1 Å². The molecule has 1 aromatic carbocycles. The predicted octanol–water partition coefficient (Wildman–Crippen LogP) is 4.40. The molecule has 1 aliphatic rings. The summed E-state index contributed by atoms with van der Waals surface area (Å²) < 4.78 is 22.5. The van der Waals surface area contributed by atoms with E-state index in [1.807, 2.05) is 37.6 Å². The molecule has 0 saturated carbocycles. The topological polar surface area (TPSA) is 56.1 Å². The van der Waals surface area contributed by atoms with Crippen molar-refractivity contribution in [3.63, 3.8) is 0 Å². The van der Waals surface area contributed by atoms with E-state index < -0.39 is 0 Å². The molecule has 1 aliphatic heterocycles. The molecule has 1 saturated heterocycles. The minimum atomic E-state index is -0.375. The number of aryl methyl sites for hydroxylation is 1. The van der Waals surface area contributed by atoms with Gasteiger partial charge in [0.05, 0.1) is 12.8 Å². The van der Waals surface area contributed by atoms with Gasteiger partial charge >= 0.3 is 0 Å². The summed E-state index contributed by atoms with van der Waals surface area (Å²) in [5.74, 6) is 0.364. The molecular formula is C22H19ClFN5O. The zero-order valence-electron chi connectivity index (χ0n) is 16.3. The molecule has 6 nitrogen and oxygen atoms in total. The number of fused-ring (bicyclic) bond motifs is 1. The van der Waals surface area contributed by atoms with E-state index in [0.29, 0.717) is 35.9 Å². The van der Waals surface area contributed by atoms with Gasteiger partial charge in [0.15, 0.2) is 5.65 Å². The fourth-order valence-corrected chi connectivity index (χ4v) is 3.96. The van der Waals surface area contributed by atoms with E-state index in [-0.39, 0.29) is 11.9 Å². The Morgan fingerprint density at radius 2 is 2.10 bits per heavy atom. The summed E-state index contributed by atoms with van der Waals surface area (Å²) in [5, 5.41) is 5.39. The number of benzene rings is 1. The van der Waals surface area contributed by atoms with Crippen molar-refractivity contribution in [2.24, 2.45) is 7.05 Å². The van der Waals surface area contributed by atoms with Crippen LogP contribution in [0.4, 0.5) is 10.2 Å². The lowest BCUT2D eigenvalue weighted by Gasteiger charge is -2.33. The van der Waals surface area contributed by atoms with Crippen LogP contribution in [0.2, 0.25) is 5.02 Å². The highest BCUT2D eigenvalue weighted by molar-refractivity contribution is 6.30. The van der Waals surface area contributed by atoms with Crippen LogP contribution in [0.25, 0.3) is 22.2 Å². The second-order valence-corrected chi connectivity index (χ2v) is 7.72. The number of anilines is 1. The first kappa shape index (κ1) is 19.0. The molecule has 0 bridgehead atoms. The van der Waals surface area contributed by atoms with Gasteiger partial charge in [-0.1, -0.05) is 11.6 Å². The van der Waals surface area contributed by atoms with Crippen LogP contribution >= 0.6 is 11.6 Å². The summed E-state index contributed by atoms with van der Waals surface area (Å²) in [6, 6.07) is 10.4. The van der Waals surface area contributed by atoms with Gasteiger partial charge in [-0.2, -0.15) is 5.10 Å². The first-order valence-corrected chi connectivity index (χ1v) is 10.0. The maximum absolute atomic E-state index is 14.8. The first-order chi connectivity index (χ1) is 14.6. The maximum atomic E-state index is 14.8. The summed E-state index contributed by atoms with van der Waals surface area (Å²) in [5.41, 5.74) is 2.80. The van der Waals surface area contributed by atoms with Crippen LogP contribution in [0.5, 0.6) is 0 Å². The Morgan fingerprint density at radius 1 is 1.20 bits per heavy atom. The van der Waals surface area contributed by atoms with Crippen LogP contribution in [-0.4, -0.2) is 39.4 Å². The second-order valence-electron chi connectivity index (χ2n) is 7.28. The lowest BCUT2D eigenvalue weighted by atomic mass is 10.0. The number of aromatic nitrogens is 4. The quantitative estimate of drug-likeness (QED) is 0.489. The summed E-state index contributed by atoms with van der Waals surface area (Å²) in [4.78, 5) is 11.3. The van der Waals surface area contributed by atoms with Crippen LogP contribution in [-0.2, 0) is 11.8 Å². The number of rotatable bonds is 3. The Morgan fingerprint density at radius 3 is 2.90 bits per heavy atom. The number of halogens is 2. The maximum Gasteiger partial charge on any atom is 0.162 e. The highest BCUT2D eigenvalue weighted by Gasteiger charge is 2.25. The Balaban J connectivity index is 1.58. The van der Waals surface area contributed by atoms with Crippen molar-refractivity contribution in [1.82, 2.24) is 19.7 Å². The Kier molecular flexibility index (Phi) is 4.84. The van der Waals surface area contributed by atoms with Crippen LogP contribution in [0, 0.1) is 5.82 Å². The fourth-order valence-electron chi connectivity index (χ4n) is 3.80. The van der Waals surface area contributed by atoms with Gasteiger partial charge in [-0.15, -0.1) is 0 Å². The molecule has 8 heteroatoms. The molecule has 0 aliphatic carbocycles. The zero-order valence-corrected chi connectivity index (χ0v) is 17.1. The van der Waals surface area contributed by atoms with Crippen molar-refractivity contribution in [1.29, 1.82) is 0 Å². The zero-order chi connectivity index (χ0) is 20.7. The van der Waals surface area contributed by atoms with Gasteiger partial charge in [0.1, 0.15) is 17.7 Å². The van der Waals surface area contributed by atoms with Crippen molar-refractivity contribution >= 4 is 28.5 Å². The summed E-state index contributed by atoms with van der Waals surface area (Å²) in [6.45, 7) is 1.87. The number of morpholine rings is 1. The Labute approximate surface area is 177 Å². The van der Waals surface area contributed by atoms with Gasteiger partial charge in [-0.25, -0.2) is 14.4 Å². The molecule has 4 aromatic rings.